The SMILES string of the molecule is Clc1nc2sccn2c1C=CCNC1CC1. The average Bonchev–Trinajstić information content (AvgIpc) is 2.90. The molecule has 5 heteroatoms. The van der Waals surface area contributed by atoms with Crippen molar-refractivity contribution in [3.8, 4) is 0 Å². The van der Waals surface area contributed by atoms with Crippen LogP contribution in [-0.2, 0) is 0 Å². The van der Waals surface area contributed by atoms with Crippen molar-refractivity contribution >= 4 is 34.0 Å². The highest BCUT2D eigenvalue weighted by molar-refractivity contribution is 7.15. The van der Waals surface area contributed by atoms with Gasteiger partial charge in [0.25, 0.3) is 0 Å². The van der Waals surface area contributed by atoms with Crippen molar-refractivity contribution in [2.24, 2.45) is 0 Å². The second-order valence-corrected chi connectivity index (χ2v) is 5.16. The van der Waals surface area contributed by atoms with Crippen molar-refractivity contribution < 1.29 is 0 Å². The molecule has 0 aromatic carbocycles. The molecule has 0 spiro atoms. The van der Waals surface area contributed by atoms with Gasteiger partial charge in [0.1, 0.15) is 0 Å². The molecule has 3 rings (SSSR count). The minimum absolute atomic E-state index is 0.578. The van der Waals surface area contributed by atoms with E-state index in [4.69, 9.17) is 11.6 Å². The Morgan fingerprint density at radius 2 is 2.50 bits per heavy atom. The normalized spacial score (nSPS) is 16.6. The van der Waals surface area contributed by atoms with Gasteiger partial charge in [0.2, 0.25) is 0 Å². The first-order chi connectivity index (χ1) is 7.84. The molecule has 3 nitrogen and oxygen atoms in total. The molecule has 1 N–H and O–H groups in total. The fraction of sp³-hybridized carbons (Fsp3) is 0.364. The van der Waals surface area contributed by atoms with Gasteiger partial charge in [-0.25, -0.2) is 4.98 Å². The summed E-state index contributed by atoms with van der Waals surface area (Å²) in [6.07, 6.45) is 8.76. The van der Waals surface area contributed by atoms with Crippen LogP contribution in [0.1, 0.15) is 18.5 Å². The number of hydrogen-bond acceptors (Lipinski definition) is 3. The van der Waals surface area contributed by atoms with Gasteiger partial charge in [-0.05, 0) is 18.9 Å². The lowest BCUT2D eigenvalue weighted by atomic mass is 10.4. The third-order valence-corrected chi connectivity index (χ3v) is 3.67. The Labute approximate surface area is 103 Å². The van der Waals surface area contributed by atoms with Crippen molar-refractivity contribution in [1.82, 2.24) is 14.7 Å². The van der Waals surface area contributed by atoms with E-state index in [0.29, 0.717) is 5.15 Å². The predicted molar refractivity (Wildman–Crippen MR) is 68.1 cm³/mol. The molecule has 84 valence electrons. The van der Waals surface area contributed by atoms with E-state index in [9.17, 15) is 0 Å². The van der Waals surface area contributed by atoms with E-state index >= 15 is 0 Å². The van der Waals surface area contributed by atoms with Gasteiger partial charge in [0, 0.05) is 24.2 Å². The largest absolute Gasteiger partial charge is 0.311 e. The smallest absolute Gasteiger partial charge is 0.195 e. The lowest BCUT2D eigenvalue weighted by Gasteiger charge is -1.95. The molecule has 2 heterocycles. The van der Waals surface area contributed by atoms with E-state index in [1.807, 2.05) is 22.1 Å². The third-order valence-electron chi connectivity index (χ3n) is 2.63. The summed E-state index contributed by atoms with van der Waals surface area (Å²) in [5.74, 6) is 0. The van der Waals surface area contributed by atoms with Gasteiger partial charge in [-0.2, -0.15) is 0 Å². The molecule has 0 radical (unpaired) electrons. The van der Waals surface area contributed by atoms with Crippen LogP contribution in [0, 0.1) is 0 Å². The molecule has 0 amide bonds. The predicted octanol–water partition coefficient (Wildman–Crippen LogP) is 2.81. The summed E-state index contributed by atoms with van der Waals surface area (Å²) in [6.45, 7) is 0.901. The molecule has 1 saturated carbocycles. The molecule has 2 aromatic heterocycles. The van der Waals surface area contributed by atoms with E-state index in [-0.39, 0.29) is 0 Å². The van der Waals surface area contributed by atoms with Crippen molar-refractivity contribution in [2.75, 3.05) is 6.54 Å². The first-order valence-corrected chi connectivity index (χ1v) is 6.61. The van der Waals surface area contributed by atoms with Crippen molar-refractivity contribution in [3.63, 3.8) is 0 Å². The lowest BCUT2D eigenvalue weighted by molar-refractivity contribution is 0.754. The summed E-state index contributed by atoms with van der Waals surface area (Å²) in [5, 5.41) is 6.01. The first kappa shape index (κ1) is 10.3. The summed E-state index contributed by atoms with van der Waals surface area (Å²) in [4.78, 5) is 5.22. The Morgan fingerprint density at radius 3 is 3.31 bits per heavy atom. The molecule has 1 fully saturated rings. The highest BCUT2D eigenvalue weighted by atomic mass is 35.5. The number of fused-ring (bicyclic) bond motifs is 1. The zero-order valence-corrected chi connectivity index (χ0v) is 10.3. The third kappa shape index (κ3) is 2.00. The Balaban J connectivity index is 1.75. The molecule has 1 aliphatic carbocycles. The topological polar surface area (TPSA) is 29.3 Å². The number of nitrogens with one attached hydrogen (secondary N) is 1. The Kier molecular flexibility index (Phi) is 2.71. The van der Waals surface area contributed by atoms with Crippen LogP contribution in [0.25, 0.3) is 11.0 Å². The summed E-state index contributed by atoms with van der Waals surface area (Å²) >= 11 is 7.66. The fourth-order valence-corrected chi connectivity index (χ4v) is 2.62. The maximum atomic E-state index is 6.07. The van der Waals surface area contributed by atoms with Gasteiger partial charge in [-0.1, -0.05) is 17.7 Å². The molecule has 0 aliphatic heterocycles. The van der Waals surface area contributed by atoms with Crippen molar-refractivity contribution in [1.29, 1.82) is 0 Å². The fourth-order valence-electron chi connectivity index (χ4n) is 1.62. The lowest BCUT2D eigenvalue weighted by Crippen LogP contribution is -2.15. The van der Waals surface area contributed by atoms with Crippen LogP contribution in [-0.4, -0.2) is 22.0 Å². The van der Waals surface area contributed by atoms with Gasteiger partial charge in [0.15, 0.2) is 10.1 Å². The van der Waals surface area contributed by atoms with Crippen LogP contribution in [0.3, 0.4) is 0 Å². The monoisotopic (exact) mass is 253 g/mol. The van der Waals surface area contributed by atoms with E-state index in [1.165, 1.54) is 12.8 Å². The Hall–Kier alpha value is -0.840. The van der Waals surface area contributed by atoms with E-state index < -0.39 is 0 Å². The van der Waals surface area contributed by atoms with E-state index in [2.05, 4.69) is 16.4 Å². The minimum atomic E-state index is 0.578. The highest BCUT2D eigenvalue weighted by Gasteiger charge is 2.19. The number of aromatic nitrogens is 2. The summed E-state index contributed by atoms with van der Waals surface area (Å²) < 4.78 is 2.01. The summed E-state index contributed by atoms with van der Waals surface area (Å²) in [5.41, 5.74) is 0.968. The highest BCUT2D eigenvalue weighted by Crippen LogP contribution is 2.22. The molecule has 0 saturated heterocycles. The van der Waals surface area contributed by atoms with Gasteiger partial charge in [-0.15, -0.1) is 11.3 Å². The number of rotatable bonds is 4. The van der Waals surface area contributed by atoms with E-state index in [1.54, 1.807) is 11.3 Å². The second kappa shape index (κ2) is 4.20. The zero-order chi connectivity index (χ0) is 11.0. The Bertz CT molecular complexity index is 524. The zero-order valence-electron chi connectivity index (χ0n) is 8.69. The molecular weight excluding hydrogens is 242 g/mol. The molecule has 16 heavy (non-hydrogen) atoms. The first-order valence-electron chi connectivity index (χ1n) is 5.35. The van der Waals surface area contributed by atoms with Crippen LogP contribution < -0.4 is 5.32 Å². The standard InChI is InChI=1S/C11H12ClN3S/c12-10-9(2-1-5-13-8-3-4-8)15-6-7-16-11(15)14-10/h1-2,6-8,13H,3-5H2. The quantitative estimate of drug-likeness (QED) is 0.908. The van der Waals surface area contributed by atoms with Gasteiger partial charge in [-0.3, -0.25) is 4.40 Å². The average molecular weight is 254 g/mol. The van der Waals surface area contributed by atoms with Crippen molar-refractivity contribution in [2.45, 2.75) is 18.9 Å². The molecule has 1 aliphatic rings. The Morgan fingerprint density at radius 1 is 1.62 bits per heavy atom. The minimum Gasteiger partial charge on any atom is -0.311 e. The number of nitrogens with zero attached hydrogens (tertiary/aromatic N) is 2. The van der Waals surface area contributed by atoms with Gasteiger partial charge in [0.05, 0.1) is 5.69 Å². The maximum absolute atomic E-state index is 6.07. The molecule has 0 bridgehead atoms. The number of imidazole rings is 1. The molecule has 0 unspecified atom stereocenters. The van der Waals surface area contributed by atoms with E-state index in [0.717, 1.165) is 23.2 Å². The van der Waals surface area contributed by atoms with Crippen molar-refractivity contribution in [3.05, 3.63) is 28.5 Å². The van der Waals surface area contributed by atoms with Gasteiger partial charge >= 0.3 is 0 Å². The number of thiazole rings is 1. The van der Waals surface area contributed by atoms with Gasteiger partial charge < -0.3 is 5.32 Å². The van der Waals surface area contributed by atoms with Crippen LogP contribution in [0.5, 0.6) is 0 Å². The molecule has 2 aromatic rings. The maximum Gasteiger partial charge on any atom is 0.195 e. The summed E-state index contributed by atoms with van der Waals surface area (Å²) in [7, 11) is 0. The number of halogens is 1. The number of hydrogen-bond donors (Lipinski definition) is 1. The summed E-state index contributed by atoms with van der Waals surface area (Å²) in [6, 6.07) is 0.742. The van der Waals surface area contributed by atoms with Crippen LogP contribution >= 0.6 is 22.9 Å². The van der Waals surface area contributed by atoms with Crippen LogP contribution in [0.4, 0.5) is 0 Å². The molecular formula is C11H12ClN3S. The molecule has 0 atom stereocenters. The van der Waals surface area contributed by atoms with Crippen LogP contribution in [0.15, 0.2) is 17.7 Å². The second-order valence-electron chi connectivity index (χ2n) is 3.93. The van der Waals surface area contributed by atoms with Crippen LogP contribution in [0.2, 0.25) is 5.15 Å².